The maximum absolute atomic E-state index is 12.7. The highest BCUT2D eigenvalue weighted by Crippen LogP contribution is 2.29. The fraction of sp³-hybridized carbons (Fsp3) is 0.909. The maximum atomic E-state index is 12.7. The molecule has 0 aliphatic carbocycles. The van der Waals surface area contributed by atoms with Crippen molar-refractivity contribution in [3.8, 4) is 0 Å². The molecule has 4 nitrogen and oxygen atoms in total. The summed E-state index contributed by atoms with van der Waals surface area (Å²) in [6, 6.07) is 0.328. The number of rotatable bonds is 2. The molecule has 0 saturated carbocycles. The van der Waals surface area contributed by atoms with Crippen molar-refractivity contribution in [1.82, 2.24) is 9.80 Å². The fourth-order valence-electron chi connectivity index (χ4n) is 1.89. The van der Waals surface area contributed by atoms with Crippen LogP contribution in [-0.4, -0.2) is 59.6 Å². The fourth-order valence-corrected chi connectivity index (χ4v) is 1.89. The number of amides is 1. The number of carbonyl (C=O) groups is 1. The molecule has 1 unspecified atom stereocenters. The zero-order chi connectivity index (χ0) is 14.1. The molecule has 1 fully saturated rings. The molecule has 0 spiro atoms. The number of hydrogen-bond donors (Lipinski definition) is 1. The van der Waals surface area contributed by atoms with Crippen molar-refractivity contribution in [2.24, 2.45) is 5.73 Å². The summed E-state index contributed by atoms with van der Waals surface area (Å²) < 4.78 is 38.0. The number of nitrogens with two attached hydrogens (primary N) is 1. The molecule has 106 valence electrons. The smallest absolute Gasteiger partial charge is 0.338 e. The molecule has 1 aliphatic rings. The van der Waals surface area contributed by atoms with Gasteiger partial charge < -0.3 is 10.6 Å². The molecule has 0 aromatic rings. The normalized spacial score (nSPS) is 22.1. The molecule has 1 heterocycles. The third kappa shape index (κ3) is 2.95. The highest BCUT2D eigenvalue weighted by Gasteiger charge is 2.55. The maximum Gasteiger partial charge on any atom is 0.415 e. The third-order valence-electron chi connectivity index (χ3n) is 3.36. The van der Waals surface area contributed by atoms with Crippen LogP contribution in [-0.2, 0) is 4.79 Å². The van der Waals surface area contributed by atoms with Crippen LogP contribution in [0.25, 0.3) is 0 Å². The summed E-state index contributed by atoms with van der Waals surface area (Å²) in [4.78, 5) is 15.1. The highest BCUT2D eigenvalue weighted by atomic mass is 19.4. The SMILES string of the molecule is CC(C)N1CCN(C(=O)C(C)(N)C(F)(F)F)CC1. The third-order valence-corrected chi connectivity index (χ3v) is 3.36. The van der Waals surface area contributed by atoms with E-state index in [1.165, 1.54) is 4.90 Å². The molecule has 0 radical (unpaired) electrons. The standard InChI is InChI=1S/C11H20F3N3O/c1-8(2)16-4-6-17(7-5-16)9(18)10(3,15)11(12,13)14/h8H,4-7,15H2,1-3H3. The van der Waals surface area contributed by atoms with Crippen LogP contribution < -0.4 is 5.73 Å². The number of carbonyl (C=O) groups excluding carboxylic acids is 1. The van der Waals surface area contributed by atoms with E-state index < -0.39 is 17.6 Å². The molecule has 1 saturated heterocycles. The lowest BCUT2D eigenvalue weighted by Crippen LogP contribution is -2.64. The van der Waals surface area contributed by atoms with Gasteiger partial charge in [-0.1, -0.05) is 0 Å². The average Bonchev–Trinajstić information content (AvgIpc) is 2.26. The van der Waals surface area contributed by atoms with E-state index in [4.69, 9.17) is 5.73 Å². The quantitative estimate of drug-likeness (QED) is 0.806. The van der Waals surface area contributed by atoms with Crippen molar-refractivity contribution in [3.63, 3.8) is 0 Å². The summed E-state index contributed by atoms with van der Waals surface area (Å²) in [5.41, 5.74) is 2.33. The lowest BCUT2D eigenvalue weighted by molar-refractivity contribution is -0.194. The largest absolute Gasteiger partial charge is 0.415 e. The second kappa shape index (κ2) is 5.05. The van der Waals surface area contributed by atoms with E-state index in [0.717, 1.165) is 6.92 Å². The van der Waals surface area contributed by atoms with E-state index in [0.29, 0.717) is 32.2 Å². The highest BCUT2D eigenvalue weighted by molar-refractivity contribution is 5.86. The number of halogens is 3. The van der Waals surface area contributed by atoms with E-state index in [9.17, 15) is 18.0 Å². The Morgan fingerprint density at radius 1 is 1.17 bits per heavy atom. The van der Waals surface area contributed by atoms with Gasteiger partial charge in [0, 0.05) is 32.2 Å². The van der Waals surface area contributed by atoms with Crippen molar-refractivity contribution < 1.29 is 18.0 Å². The molecule has 1 rings (SSSR count). The Hall–Kier alpha value is -0.820. The molecule has 2 N–H and O–H groups in total. The zero-order valence-electron chi connectivity index (χ0n) is 10.9. The second-order valence-electron chi connectivity index (χ2n) is 5.12. The van der Waals surface area contributed by atoms with E-state index >= 15 is 0 Å². The molecule has 7 heteroatoms. The Morgan fingerprint density at radius 2 is 1.61 bits per heavy atom. The number of alkyl halides is 3. The summed E-state index contributed by atoms with van der Waals surface area (Å²) in [6.45, 7) is 6.50. The van der Waals surface area contributed by atoms with Gasteiger partial charge in [-0.2, -0.15) is 13.2 Å². The van der Waals surface area contributed by atoms with Crippen LogP contribution in [0.5, 0.6) is 0 Å². The first-order valence-electron chi connectivity index (χ1n) is 5.96. The molecule has 18 heavy (non-hydrogen) atoms. The summed E-state index contributed by atoms with van der Waals surface area (Å²) >= 11 is 0. The monoisotopic (exact) mass is 267 g/mol. The Labute approximate surface area is 105 Å². The van der Waals surface area contributed by atoms with E-state index in [1.54, 1.807) is 0 Å². The van der Waals surface area contributed by atoms with Gasteiger partial charge in [0.15, 0.2) is 5.54 Å². The van der Waals surface area contributed by atoms with Gasteiger partial charge in [-0.05, 0) is 20.8 Å². The van der Waals surface area contributed by atoms with Crippen LogP contribution in [0.3, 0.4) is 0 Å². The van der Waals surface area contributed by atoms with Crippen LogP contribution in [0, 0.1) is 0 Å². The number of nitrogens with zero attached hydrogens (tertiary/aromatic N) is 2. The average molecular weight is 267 g/mol. The van der Waals surface area contributed by atoms with E-state index in [2.05, 4.69) is 4.90 Å². The molecule has 0 bridgehead atoms. The van der Waals surface area contributed by atoms with Gasteiger partial charge in [0.2, 0.25) is 0 Å². The van der Waals surface area contributed by atoms with Gasteiger partial charge in [-0.15, -0.1) is 0 Å². The van der Waals surface area contributed by atoms with Crippen LogP contribution in [0.4, 0.5) is 13.2 Å². The van der Waals surface area contributed by atoms with Gasteiger partial charge in [0.05, 0.1) is 0 Å². The molecule has 1 aliphatic heterocycles. The Bertz CT molecular complexity index is 307. The van der Waals surface area contributed by atoms with Crippen LogP contribution in [0.1, 0.15) is 20.8 Å². The van der Waals surface area contributed by atoms with Gasteiger partial charge in [0.1, 0.15) is 0 Å². The number of hydrogen-bond acceptors (Lipinski definition) is 3. The molecule has 1 amide bonds. The summed E-state index contributed by atoms with van der Waals surface area (Å²) in [7, 11) is 0. The lowest BCUT2D eigenvalue weighted by atomic mass is 10.0. The van der Waals surface area contributed by atoms with E-state index in [1.807, 2.05) is 13.8 Å². The lowest BCUT2D eigenvalue weighted by Gasteiger charge is -2.40. The molecule has 0 aromatic heterocycles. The number of piperazine rings is 1. The van der Waals surface area contributed by atoms with Crippen LogP contribution in [0.15, 0.2) is 0 Å². The molecule has 0 aromatic carbocycles. The first-order valence-corrected chi connectivity index (χ1v) is 5.96. The van der Waals surface area contributed by atoms with Crippen molar-refractivity contribution in [2.75, 3.05) is 26.2 Å². The summed E-state index contributed by atoms with van der Waals surface area (Å²) in [6.07, 6.45) is -4.72. The molecular weight excluding hydrogens is 247 g/mol. The topological polar surface area (TPSA) is 49.6 Å². The molecule has 1 atom stereocenters. The van der Waals surface area contributed by atoms with Crippen LogP contribution in [0.2, 0.25) is 0 Å². The molecular formula is C11H20F3N3O. The van der Waals surface area contributed by atoms with Gasteiger partial charge in [0.25, 0.3) is 5.91 Å². The minimum Gasteiger partial charge on any atom is -0.338 e. The minimum absolute atomic E-state index is 0.292. The first-order chi connectivity index (χ1) is 8.07. The van der Waals surface area contributed by atoms with Crippen molar-refractivity contribution in [2.45, 2.75) is 38.5 Å². The summed E-state index contributed by atoms with van der Waals surface area (Å²) in [5, 5.41) is 0. The van der Waals surface area contributed by atoms with Gasteiger partial charge in [-0.25, -0.2) is 0 Å². The predicted octanol–water partition coefficient (Wildman–Crippen LogP) is 0.819. The second-order valence-corrected chi connectivity index (χ2v) is 5.12. The summed E-state index contributed by atoms with van der Waals surface area (Å²) in [5.74, 6) is -1.04. The zero-order valence-corrected chi connectivity index (χ0v) is 10.9. The van der Waals surface area contributed by atoms with Gasteiger partial charge >= 0.3 is 6.18 Å². The van der Waals surface area contributed by atoms with Crippen molar-refractivity contribution in [3.05, 3.63) is 0 Å². The van der Waals surface area contributed by atoms with Gasteiger partial charge in [-0.3, -0.25) is 9.69 Å². The first kappa shape index (κ1) is 15.2. The Kier molecular flexibility index (Phi) is 4.27. The minimum atomic E-state index is -4.72. The Balaban J connectivity index is 2.66. The van der Waals surface area contributed by atoms with Crippen LogP contribution >= 0.6 is 0 Å². The van der Waals surface area contributed by atoms with E-state index in [-0.39, 0.29) is 0 Å². The predicted molar refractivity (Wildman–Crippen MR) is 61.9 cm³/mol. The Morgan fingerprint density at radius 3 is 1.94 bits per heavy atom. The van der Waals surface area contributed by atoms with Crippen molar-refractivity contribution >= 4 is 5.91 Å². The van der Waals surface area contributed by atoms with Crippen molar-refractivity contribution in [1.29, 1.82) is 0 Å².